The molecule has 2 atom stereocenters. The second-order valence-corrected chi connectivity index (χ2v) is 7.46. The van der Waals surface area contributed by atoms with Crippen molar-refractivity contribution < 1.29 is 14.7 Å². The normalized spacial score (nSPS) is 26.4. The van der Waals surface area contributed by atoms with Crippen LogP contribution in [0.3, 0.4) is 0 Å². The number of hydrogen-bond donors (Lipinski definition) is 1. The molecule has 2 amide bonds. The van der Waals surface area contributed by atoms with E-state index < -0.39 is 5.60 Å². The third kappa shape index (κ3) is 2.81. The molecule has 0 aromatic heterocycles. The van der Waals surface area contributed by atoms with Crippen LogP contribution in [0.25, 0.3) is 0 Å². The highest BCUT2D eigenvalue weighted by atomic mass is 16.3. The van der Waals surface area contributed by atoms with Gasteiger partial charge in [-0.05, 0) is 17.5 Å². The Morgan fingerprint density at radius 3 is 2.71 bits per heavy atom. The summed E-state index contributed by atoms with van der Waals surface area (Å²) in [5, 5.41) is 10.7. The lowest BCUT2D eigenvalue weighted by Crippen LogP contribution is -2.43. The highest BCUT2D eigenvalue weighted by Gasteiger charge is 2.46. The minimum Gasteiger partial charge on any atom is -0.387 e. The van der Waals surface area contributed by atoms with Gasteiger partial charge in [-0.25, -0.2) is 0 Å². The summed E-state index contributed by atoms with van der Waals surface area (Å²) in [6.07, 6.45) is 0.306. The first-order valence-electron chi connectivity index (χ1n) is 8.70. The van der Waals surface area contributed by atoms with Gasteiger partial charge in [-0.2, -0.15) is 0 Å². The van der Waals surface area contributed by atoms with Gasteiger partial charge in [-0.3, -0.25) is 9.59 Å². The van der Waals surface area contributed by atoms with Gasteiger partial charge in [-0.15, -0.1) is 0 Å². The van der Waals surface area contributed by atoms with Crippen molar-refractivity contribution in [1.29, 1.82) is 0 Å². The van der Waals surface area contributed by atoms with Crippen molar-refractivity contribution in [2.24, 2.45) is 11.8 Å². The van der Waals surface area contributed by atoms with Crippen LogP contribution in [-0.2, 0) is 11.3 Å². The van der Waals surface area contributed by atoms with Crippen LogP contribution in [0.2, 0.25) is 0 Å². The summed E-state index contributed by atoms with van der Waals surface area (Å²) in [4.78, 5) is 28.3. The number of rotatable bonds is 4. The zero-order valence-electron chi connectivity index (χ0n) is 14.7. The largest absolute Gasteiger partial charge is 0.387 e. The van der Waals surface area contributed by atoms with E-state index in [0.29, 0.717) is 32.6 Å². The molecule has 1 aromatic carbocycles. The van der Waals surface area contributed by atoms with Gasteiger partial charge < -0.3 is 14.9 Å². The van der Waals surface area contributed by atoms with Crippen molar-refractivity contribution in [3.05, 3.63) is 35.4 Å². The van der Waals surface area contributed by atoms with Crippen LogP contribution in [0.4, 0.5) is 0 Å². The van der Waals surface area contributed by atoms with Crippen molar-refractivity contribution in [2.45, 2.75) is 39.3 Å². The van der Waals surface area contributed by atoms with Crippen molar-refractivity contribution in [1.82, 2.24) is 9.80 Å². The summed E-state index contributed by atoms with van der Waals surface area (Å²) in [7, 11) is 0. The lowest BCUT2D eigenvalue weighted by atomic mass is 9.82. The standard InChI is InChI=1S/C19H26N2O3/c1-13(2)19(24)12-21(10-14(19)3)17(22)8-9-20-11-15-6-4-5-7-16(15)18(20)23/h4-7,13-14,24H,8-12H2,1-3H3/t14-,19-/m1/s1. The number of aliphatic hydroxyl groups is 1. The molecule has 0 unspecified atom stereocenters. The summed E-state index contributed by atoms with van der Waals surface area (Å²) in [6, 6.07) is 7.59. The molecule has 2 aliphatic heterocycles. The predicted molar refractivity (Wildman–Crippen MR) is 91.3 cm³/mol. The first-order valence-corrected chi connectivity index (χ1v) is 8.70. The van der Waals surface area contributed by atoms with Gasteiger partial charge >= 0.3 is 0 Å². The van der Waals surface area contributed by atoms with Crippen LogP contribution < -0.4 is 0 Å². The van der Waals surface area contributed by atoms with Crippen LogP contribution in [0.5, 0.6) is 0 Å². The first-order chi connectivity index (χ1) is 11.3. The summed E-state index contributed by atoms with van der Waals surface area (Å²) in [5.41, 5.74) is 0.961. The predicted octanol–water partition coefficient (Wildman–Crippen LogP) is 1.90. The van der Waals surface area contributed by atoms with Crippen molar-refractivity contribution in [3.63, 3.8) is 0 Å². The molecule has 5 nitrogen and oxygen atoms in total. The Morgan fingerprint density at radius 1 is 1.38 bits per heavy atom. The van der Waals surface area contributed by atoms with Crippen molar-refractivity contribution >= 4 is 11.8 Å². The number of carbonyl (C=O) groups is 2. The second kappa shape index (κ2) is 6.20. The smallest absolute Gasteiger partial charge is 0.254 e. The molecule has 130 valence electrons. The molecule has 2 aliphatic rings. The monoisotopic (exact) mass is 330 g/mol. The molecule has 24 heavy (non-hydrogen) atoms. The number of nitrogens with zero attached hydrogens (tertiary/aromatic N) is 2. The molecular weight excluding hydrogens is 304 g/mol. The molecule has 0 radical (unpaired) electrons. The average Bonchev–Trinajstić information content (AvgIpc) is 3.04. The summed E-state index contributed by atoms with van der Waals surface area (Å²) in [5.74, 6) is 0.202. The highest BCUT2D eigenvalue weighted by Crippen LogP contribution is 2.34. The maximum Gasteiger partial charge on any atom is 0.254 e. The summed E-state index contributed by atoms with van der Waals surface area (Å²) >= 11 is 0. The second-order valence-electron chi connectivity index (χ2n) is 7.46. The average molecular weight is 330 g/mol. The van der Waals surface area contributed by atoms with Gasteiger partial charge in [0, 0.05) is 44.1 Å². The summed E-state index contributed by atoms with van der Waals surface area (Å²) in [6.45, 7) is 7.95. The maximum atomic E-state index is 12.5. The van der Waals surface area contributed by atoms with Crippen molar-refractivity contribution in [3.8, 4) is 0 Å². The van der Waals surface area contributed by atoms with Crippen LogP contribution in [0.1, 0.15) is 43.1 Å². The molecule has 2 heterocycles. The number of β-amino-alcohol motifs (C(OH)–C–C–N with tert-alkyl or cyclic N) is 1. The van der Waals surface area contributed by atoms with E-state index >= 15 is 0 Å². The van der Waals surface area contributed by atoms with E-state index in [1.54, 1.807) is 9.80 Å². The highest BCUT2D eigenvalue weighted by molar-refractivity contribution is 5.98. The Kier molecular flexibility index (Phi) is 4.38. The van der Waals surface area contributed by atoms with E-state index in [-0.39, 0.29) is 23.7 Å². The summed E-state index contributed by atoms with van der Waals surface area (Å²) < 4.78 is 0. The molecule has 1 N–H and O–H groups in total. The number of carbonyl (C=O) groups excluding carboxylic acids is 2. The minimum atomic E-state index is -0.810. The number of amides is 2. The number of fused-ring (bicyclic) bond motifs is 1. The molecule has 0 saturated carbocycles. The lowest BCUT2D eigenvalue weighted by Gasteiger charge is -2.31. The van der Waals surface area contributed by atoms with Gasteiger partial charge in [0.05, 0.1) is 5.60 Å². The van der Waals surface area contributed by atoms with Crippen LogP contribution in [0.15, 0.2) is 24.3 Å². The molecule has 0 bridgehead atoms. The fourth-order valence-corrected chi connectivity index (χ4v) is 3.84. The molecule has 1 saturated heterocycles. The van der Waals surface area contributed by atoms with E-state index in [9.17, 15) is 14.7 Å². The minimum absolute atomic E-state index is 0.00637. The molecule has 5 heteroatoms. The van der Waals surface area contributed by atoms with Gasteiger partial charge in [0.15, 0.2) is 0 Å². The van der Waals surface area contributed by atoms with E-state index in [1.165, 1.54) is 0 Å². The lowest BCUT2D eigenvalue weighted by molar-refractivity contribution is -0.131. The van der Waals surface area contributed by atoms with Crippen LogP contribution >= 0.6 is 0 Å². The van der Waals surface area contributed by atoms with E-state index in [2.05, 4.69) is 0 Å². The zero-order chi connectivity index (χ0) is 17.5. The topological polar surface area (TPSA) is 60.9 Å². The molecule has 1 aromatic rings. The van der Waals surface area contributed by atoms with E-state index in [1.807, 2.05) is 45.0 Å². The van der Waals surface area contributed by atoms with E-state index in [4.69, 9.17) is 0 Å². The van der Waals surface area contributed by atoms with E-state index in [0.717, 1.165) is 11.1 Å². The van der Waals surface area contributed by atoms with Gasteiger partial charge in [0.25, 0.3) is 5.91 Å². The molecule has 0 aliphatic carbocycles. The Balaban J connectivity index is 1.57. The third-order valence-corrected chi connectivity index (χ3v) is 5.64. The molecular formula is C19H26N2O3. The SMILES string of the molecule is CC(C)[C@]1(O)CN(C(=O)CCN2Cc3ccccc3C2=O)C[C@H]1C. The quantitative estimate of drug-likeness (QED) is 0.917. The van der Waals surface area contributed by atoms with Gasteiger partial charge in [0.2, 0.25) is 5.91 Å². The van der Waals surface area contributed by atoms with Gasteiger partial charge in [-0.1, -0.05) is 39.0 Å². The number of hydrogen-bond acceptors (Lipinski definition) is 3. The van der Waals surface area contributed by atoms with Crippen LogP contribution in [-0.4, -0.2) is 52.0 Å². The fraction of sp³-hybridized carbons (Fsp3) is 0.579. The van der Waals surface area contributed by atoms with Crippen LogP contribution in [0, 0.1) is 11.8 Å². The molecule has 0 spiro atoms. The first kappa shape index (κ1) is 17.0. The number of likely N-dealkylation sites (tertiary alicyclic amines) is 1. The molecule has 3 rings (SSSR count). The number of benzene rings is 1. The fourth-order valence-electron chi connectivity index (χ4n) is 3.84. The Bertz CT molecular complexity index is 658. The molecule has 1 fully saturated rings. The Labute approximate surface area is 143 Å². The zero-order valence-corrected chi connectivity index (χ0v) is 14.7. The maximum absolute atomic E-state index is 12.5. The van der Waals surface area contributed by atoms with Gasteiger partial charge in [0.1, 0.15) is 0 Å². The Morgan fingerprint density at radius 2 is 2.08 bits per heavy atom. The Hall–Kier alpha value is -1.88. The van der Waals surface area contributed by atoms with Crippen molar-refractivity contribution in [2.75, 3.05) is 19.6 Å². The third-order valence-electron chi connectivity index (χ3n) is 5.64.